The highest BCUT2D eigenvalue weighted by Crippen LogP contribution is 2.34. The van der Waals surface area contributed by atoms with Gasteiger partial charge in [-0.3, -0.25) is 0 Å². The second kappa shape index (κ2) is 6.09. The van der Waals surface area contributed by atoms with Gasteiger partial charge in [0.2, 0.25) is 5.95 Å². The van der Waals surface area contributed by atoms with E-state index >= 15 is 0 Å². The number of aromatic nitrogens is 2. The number of nitrogens with zero attached hydrogens (tertiary/aromatic N) is 2. The van der Waals surface area contributed by atoms with Gasteiger partial charge >= 0.3 is 0 Å². The third-order valence-electron chi connectivity index (χ3n) is 4.36. The summed E-state index contributed by atoms with van der Waals surface area (Å²) in [6.07, 6.45) is 5.10. The van der Waals surface area contributed by atoms with Gasteiger partial charge < -0.3 is 5.32 Å². The summed E-state index contributed by atoms with van der Waals surface area (Å²) < 4.78 is 0. The summed E-state index contributed by atoms with van der Waals surface area (Å²) in [6, 6.07) is 2.59. The molecule has 2 heterocycles. The average molecular weight is 324 g/mol. The number of halogens is 1. The molecule has 2 aromatic heterocycles. The number of fused-ring (bicyclic) bond motifs is 1. The maximum atomic E-state index is 6.35. The van der Waals surface area contributed by atoms with Gasteiger partial charge in [0.05, 0.1) is 0 Å². The van der Waals surface area contributed by atoms with E-state index in [1.165, 1.54) is 30.6 Å². The third kappa shape index (κ3) is 3.16. The van der Waals surface area contributed by atoms with Crippen molar-refractivity contribution in [3.05, 3.63) is 16.1 Å². The monoisotopic (exact) mass is 323 g/mol. The van der Waals surface area contributed by atoms with E-state index in [9.17, 15) is 0 Å². The molecular weight excluding hydrogens is 302 g/mol. The number of hydrogen-bond acceptors (Lipinski definition) is 4. The molecule has 1 N–H and O–H groups in total. The zero-order valence-corrected chi connectivity index (χ0v) is 14.4. The standard InChI is InChI=1S/C16H22ClN3S/c1-9(2)13-8-11-14(17)19-16(20-15(11)21-13)18-12-7-5-4-6-10(12)3/h8-10,12H,4-7H2,1-3H3,(H,18,19,20). The Morgan fingerprint density at radius 2 is 2.05 bits per heavy atom. The molecule has 0 aliphatic heterocycles. The van der Waals surface area contributed by atoms with Gasteiger partial charge in [0.25, 0.3) is 0 Å². The lowest BCUT2D eigenvalue weighted by Crippen LogP contribution is -2.31. The van der Waals surface area contributed by atoms with Gasteiger partial charge in [-0.05, 0) is 30.7 Å². The molecule has 3 nitrogen and oxygen atoms in total. The molecule has 0 amide bonds. The summed E-state index contributed by atoms with van der Waals surface area (Å²) in [5, 5.41) is 5.05. The Bertz CT molecular complexity index is 638. The van der Waals surface area contributed by atoms with E-state index in [0.717, 1.165) is 10.2 Å². The minimum absolute atomic E-state index is 0.469. The number of nitrogens with one attached hydrogen (secondary N) is 1. The van der Waals surface area contributed by atoms with Crippen LogP contribution in [0.2, 0.25) is 5.15 Å². The molecule has 1 fully saturated rings. The summed E-state index contributed by atoms with van der Waals surface area (Å²) >= 11 is 8.07. The zero-order chi connectivity index (χ0) is 15.0. The lowest BCUT2D eigenvalue weighted by Gasteiger charge is -2.29. The van der Waals surface area contributed by atoms with Crippen molar-refractivity contribution in [3.8, 4) is 0 Å². The molecular formula is C16H22ClN3S. The summed E-state index contributed by atoms with van der Waals surface area (Å²) in [7, 11) is 0. The van der Waals surface area contributed by atoms with Crippen LogP contribution in [0.5, 0.6) is 0 Å². The Hall–Kier alpha value is -0.870. The molecule has 0 bridgehead atoms. The van der Waals surface area contributed by atoms with Crippen LogP contribution < -0.4 is 5.32 Å². The number of hydrogen-bond donors (Lipinski definition) is 1. The Morgan fingerprint density at radius 3 is 2.76 bits per heavy atom. The molecule has 21 heavy (non-hydrogen) atoms. The first-order valence-electron chi connectivity index (χ1n) is 7.78. The van der Waals surface area contributed by atoms with Gasteiger partial charge in [-0.2, -0.15) is 0 Å². The number of anilines is 1. The van der Waals surface area contributed by atoms with Gasteiger partial charge in [0.1, 0.15) is 9.98 Å². The topological polar surface area (TPSA) is 37.8 Å². The van der Waals surface area contributed by atoms with Crippen LogP contribution >= 0.6 is 22.9 Å². The van der Waals surface area contributed by atoms with Crippen LogP contribution in [-0.2, 0) is 0 Å². The highest BCUT2D eigenvalue weighted by atomic mass is 35.5. The fraction of sp³-hybridized carbons (Fsp3) is 0.625. The molecule has 1 aliphatic carbocycles. The summed E-state index contributed by atoms with van der Waals surface area (Å²) in [5.41, 5.74) is 0. The maximum Gasteiger partial charge on any atom is 0.225 e. The molecule has 1 saturated carbocycles. The highest BCUT2D eigenvalue weighted by Gasteiger charge is 2.22. The number of rotatable bonds is 3. The van der Waals surface area contributed by atoms with Gasteiger partial charge in [0.15, 0.2) is 0 Å². The Labute approximate surface area is 135 Å². The van der Waals surface area contributed by atoms with E-state index in [1.807, 2.05) is 0 Å². The molecule has 2 atom stereocenters. The Balaban J connectivity index is 1.89. The molecule has 0 spiro atoms. The second-order valence-electron chi connectivity index (χ2n) is 6.37. The average Bonchev–Trinajstić information content (AvgIpc) is 2.86. The predicted octanol–water partition coefficient (Wildman–Crippen LogP) is 5.46. The van der Waals surface area contributed by atoms with Gasteiger partial charge in [-0.1, -0.05) is 45.2 Å². The van der Waals surface area contributed by atoms with Crippen LogP contribution in [0.15, 0.2) is 6.07 Å². The van der Waals surface area contributed by atoms with Crippen molar-refractivity contribution in [2.45, 2.75) is 58.4 Å². The molecule has 5 heteroatoms. The van der Waals surface area contributed by atoms with E-state index in [-0.39, 0.29) is 0 Å². The maximum absolute atomic E-state index is 6.35. The van der Waals surface area contributed by atoms with Crippen molar-refractivity contribution in [3.63, 3.8) is 0 Å². The fourth-order valence-corrected chi connectivity index (χ4v) is 4.26. The van der Waals surface area contributed by atoms with Crippen LogP contribution in [0.25, 0.3) is 10.2 Å². The normalized spacial score (nSPS) is 22.9. The minimum Gasteiger partial charge on any atom is -0.351 e. The van der Waals surface area contributed by atoms with Crippen molar-refractivity contribution in [1.82, 2.24) is 9.97 Å². The summed E-state index contributed by atoms with van der Waals surface area (Å²) in [4.78, 5) is 11.4. The number of thiophene rings is 1. The smallest absolute Gasteiger partial charge is 0.225 e. The Kier molecular flexibility index (Phi) is 4.36. The van der Waals surface area contributed by atoms with E-state index in [2.05, 4.69) is 42.1 Å². The van der Waals surface area contributed by atoms with Crippen LogP contribution in [0, 0.1) is 5.92 Å². The molecule has 1 aliphatic rings. The van der Waals surface area contributed by atoms with Crippen molar-refractivity contribution in [1.29, 1.82) is 0 Å². The molecule has 114 valence electrons. The van der Waals surface area contributed by atoms with E-state index in [4.69, 9.17) is 11.6 Å². The molecule has 0 saturated heterocycles. The van der Waals surface area contributed by atoms with Crippen LogP contribution in [0.4, 0.5) is 5.95 Å². The second-order valence-corrected chi connectivity index (χ2v) is 7.79. The third-order valence-corrected chi connectivity index (χ3v) is 5.98. The van der Waals surface area contributed by atoms with Gasteiger partial charge in [-0.15, -0.1) is 11.3 Å². The lowest BCUT2D eigenvalue weighted by molar-refractivity contribution is 0.348. The van der Waals surface area contributed by atoms with Crippen LogP contribution in [0.3, 0.4) is 0 Å². The van der Waals surface area contributed by atoms with Gasteiger partial charge in [-0.25, -0.2) is 9.97 Å². The molecule has 2 unspecified atom stereocenters. The fourth-order valence-electron chi connectivity index (χ4n) is 2.95. The first-order chi connectivity index (χ1) is 10.0. The summed E-state index contributed by atoms with van der Waals surface area (Å²) in [5.74, 6) is 1.85. The predicted molar refractivity (Wildman–Crippen MR) is 91.6 cm³/mol. The molecule has 2 aromatic rings. The summed E-state index contributed by atoms with van der Waals surface area (Å²) in [6.45, 7) is 6.68. The molecule has 0 radical (unpaired) electrons. The van der Waals surface area contributed by atoms with Crippen LogP contribution in [0.1, 0.15) is 57.2 Å². The first kappa shape index (κ1) is 15.0. The van der Waals surface area contributed by atoms with Crippen LogP contribution in [-0.4, -0.2) is 16.0 Å². The van der Waals surface area contributed by atoms with Crippen molar-refractivity contribution in [2.24, 2.45) is 5.92 Å². The Morgan fingerprint density at radius 1 is 1.29 bits per heavy atom. The van der Waals surface area contributed by atoms with Gasteiger partial charge in [0, 0.05) is 16.3 Å². The highest BCUT2D eigenvalue weighted by molar-refractivity contribution is 7.18. The van der Waals surface area contributed by atoms with Crippen molar-refractivity contribution < 1.29 is 0 Å². The van der Waals surface area contributed by atoms with E-state index in [1.54, 1.807) is 11.3 Å². The zero-order valence-electron chi connectivity index (χ0n) is 12.8. The lowest BCUT2D eigenvalue weighted by atomic mass is 9.86. The van der Waals surface area contributed by atoms with E-state index < -0.39 is 0 Å². The van der Waals surface area contributed by atoms with Crippen molar-refractivity contribution >= 4 is 39.1 Å². The minimum atomic E-state index is 0.469. The van der Waals surface area contributed by atoms with E-state index in [0.29, 0.717) is 29.0 Å². The largest absolute Gasteiger partial charge is 0.351 e. The quantitative estimate of drug-likeness (QED) is 0.762. The molecule has 3 rings (SSSR count). The SMILES string of the molecule is CC(C)c1cc2c(Cl)nc(NC3CCCCC3C)nc2s1. The van der Waals surface area contributed by atoms with Crippen molar-refractivity contribution in [2.75, 3.05) is 5.32 Å². The first-order valence-corrected chi connectivity index (χ1v) is 8.97. The molecule has 0 aromatic carbocycles.